The minimum absolute atomic E-state index is 0.133. The van der Waals surface area contributed by atoms with E-state index in [0.717, 1.165) is 26.2 Å². The van der Waals surface area contributed by atoms with Crippen LogP contribution in [0, 0.1) is 13.8 Å². The van der Waals surface area contributed by atoms with Crippen LogP contribution >= 0.6 is 11.6 Å². The monoisotopic (exact) mass is 382 g/mol. The molecule has 0 saturated carbocycles. The zero-order chi connectivity index (χ0) is 19.0. The molecule has 0 aliphatic carbocycles. The molecule has 0 amide bonds. The highest BCUT2D eigenvalue weighted by Gasteiger charge is 2.19. The molecule has 0 unspecified atom stereocenters. The third-order valence-corrected chi connectivity index (χ3v) is 5.61. The van der Waals surface area contributed by atoms with Crippen molar-refractivity contribution in [3.05, 3.63) is 68.7 Å². The van der Waals surface area contributed by atoms with E-state index >= 15 is 0 Å². The average molecular weight is 383 g/mol. The number of aryl methyl sites for hydroxylation is 1. The number of anilines is 1. The van der Waals surface area contributed by atoms with Crippen molar-refractivity contribution in [1.82, 2.24) is 14.9 Å². The molecule has 27 heavy (non-hydrogen) atoms. The maximum Gasteiger partial charge on any atom is 0.258 e. The van der Waals surface area contributed by atoms with Crippen LogP contribution < -0.4 is 10.5 Å². The first-order valence-electron chi connectivity index (χ1n) is 9.23. The highest BCUT2D eigenvalue weighted by atomic mass is 35.5. The van der Waals surface area contributed by atoms with E-state index in [-0.39, 0.29) is 5.56 Å². The number of aromatic amines is 1. The zero-order valence-electron chi connectivity index (χ0n) is 15.6. The summed E-state index contributed by atoms with van der Waals surface area (Å²) in [5.41, 5.74) is 4.56. The molecule has 5 nitrogen and oxygen atoms in total. The second kappa shape index (κ2) is 7.33. The first-order chi connectivity index (χ1) is 13.0. The van der Waals surface area contributed by atoms with Gasteiger partial charge < -0.3 is 9.88 Å². The van der Waals surface area contributed by atoms with Crippen LogP contribution in [0.1, 0.15) is 17.0 Å². The molecule has 1 fully saturated rings. The number of piperazine rings is 1. The Bertz CT molecular complexity index is 1040. The van der Waals surface area contributed by atoms with Gasteiger partial charge in [0.15, 0.2) is 0 Å². The molecule has 3 aromatic rings. The standard InChI is InChI=1S/C21H23ClN4O/c1-14-4-3-5-19(15(14)2)26-10-8-25(9-11-26)13-20-23-18-7-6-16(22)12-17(18)21(27)24-20/h3-7,12H,8-11,13H2,1-2H3,(H,23,24,27). The van der Waals surface area contributed by atoms with Crippen molar-refractivity contribution in [1.29, 1.82) is 0 Å². The maximum atomic E-state index is 12.3. The Balaban J connectivity index is 1.46. The van der Waals surface area contributed by atoms with Gasteiger partial charge in [0.2, 0.25) is 0 Å². The molecule has 6 heteroatoms. The van der Waals surface area contributed by atoms with Crippen molar-refractivity contribution in [2.45, 2.75) is 20.4 Å². The van der Waals surface area contributed by atoms with Gasteiger partial charge >= 0.3 is 0 Å². The minimum Gasteiger partial charge on any atom is -0.369 e. The predicted molar refractivity (Wildman–Crippen MR) is 111 cm³/mol. The van der Waals surface area contributed by atoms with Gasteiger partial charge in [-0.3, -0.25) is 9.69 Å². The molecule has 140 valence electrons. The molecule has 1 aliphatic rings. The largest absolute Gasteiger partial charge is 0.369 e. The number of hydrogen-bond donors (Lipinski definition) is 1. The van der Waals surface area contributed by atoms with Crippen molar-refractivity contribution < 1.29 is 0 Å². The van der Waals surface area contributed by atoms with Gasteiger partial charge in [-0.05, 0) is 49.2 Å². The number of nitrogens with zero attached hydrogens (tertiary/aromatic N) is 3. The van der Waals surface area contributed by atoms with Gasteiger partial charge in [0, 0.05) is 36.9 Å². The molecule has 1 N–H and O–H groups in total. The molecule has 0 atom stereocenters. The first kappa shape index (κ1) is 18.0. The van der Waals surface area contributed by atoms with Gasteiger partial charge in [0.1, 0.15) is 5.82 Å². The molecule has 1 aromatic heterocycles. The summed E-state index contributed by atoms with van der Waals surface area (Å²) in [5.74, 6) is 0.704. The number of hydrogen-bond acceptors (Lipinski definition) is 4. The van der Waals surface area contributed by atoms with Gasteiger partial charge in [-0.15, -0.1) is 0 Å². The molecule has 1 aliphatic heterocycles. The van der Waals surface area contributed by atoms with Crippen molar-refractivity contribution in [3.8, 4) is 0 Å². The number of fused-ring (bicyclic) bond motifs is 1. The van der Waals surface area contributed by atoms with Gasteiger partial charge in [0.25, 0.3) is 5.56 Å². The van der Waals surface area contributed by atoms with Crippen molar-refractivity contribution in [2.24, 2.45) is 0 Å². The van der Waals surface area contributed by atoms with E-state index < -0.39 is 0 Å². The fraction of sp³-hybridized carbons (Fsp3) is 0.333. The van der Waals surface area contributed by atoms with E-state index in [1.807, 2.05) is 0 Å². The number of rotatable bonds is 3. The van der Waals surface area contributed by atoms with Crippen molar-refractivity contribution >= 4 is 28.2 Å². The Morgan fingerprint density at radius 1 is 1.11 bits per heavy atom. The van der Waals surface area contributed by atoms with E-state index in [1.54, 1.807) is 18.2 Å². The van der Waals surface area contributed by atoms with Gasteiger partial charge in [-0.25, -0.2) is 4.98 Å². The quantitative estimate of drug-likeness (QED) is 0.753. The molecular formula is C21H23ClN4O. The number of aromatic nitrogens is 2. The molecule has 0 spiro atoms. The van der Waals surface area contributed by atoms with Gasteiger partial charge in [0.05, 0.1) is 17.4 Å². The normalized spacial score (nSPS) is 15.4. The summed E-state index contributed by atoms with van der Waals surface area (Å²) in [7, 11) is 0. The van der Waals surface area contributed by atoms with Crippen LogP contribution in [0.5, 0.6) is 0 Å². The Labute approximate surface area is 163 Å². The number of halogens is 1. The summed E-state index contributed by atoms with van der Waals surface area (Å²) >= 11 is 5.98. The van der Waals surface area contributed by atoms with E-state index in [0.29, 0.717) is 28.3 Å². The summed E-state index contributed by atoms with van der Waals surface area (Å²) < 4.78 is 0. The van der Waals surface area contributed by atoms with Crippen LogP contribution in [0.15, 0.2) is 41.2 Å². The van der Waals surface area contributed by atoms with Crippen LogP contribution in [0.3, 0.4) is 0 Å². The van der Waals surface area contributed by atoms with Crippen molar-refractivity contribution in [3.63, 3.8) is 0 Å². The Morgan fingerprint density at radius 3 is 2.67 bits per heavy atom. The SMILES string of the molecule is Cc1cccc(N2CCN(Cc3nc4ccc(Cl)cc4c(=O)[nH]3)CC2)c1C. The van der Waals surface area contributed by atoms with Crippen LogP contribution in [-0.2, 0) is 6.54 Å². The first-order valence-corrected chi connectivity index (χ1v) is 9.61. The van der Waals surface area contributed by atoms with Crippen LogP contribution in [0.2, 0.25) is 5.02 Å². The summed E-state index contributed by atoms with van der Waals surface area (Å²) in [4.78, 5) is 24.6. The van der Waals surface area contributed by atoms with E-state index in [4.69, 9.17) is 11.6 Å². The van der Waals surface area contributed by atoms with E-state index in [9.17, 15) is 4.79 Å². The lowest BCUT2D eigenvalue weighted by Gasteiger charge is -2.36. The molecule has 2 heterocycles. The Hall–Kier alpha value is -2.37. The lowest BCUT2D eigenvalue weighted by atomic mass is 10.1. The lowest BCUT2D eigenvalue weighted by Crippen LogP contribution is -2.46. The smallest absolute Gasteiger partial charge is 0.258 e. The number of nitrogens with one attached hydrogen (secondary N) is 1. The Morgan fingerprint density at radius 2 is 1.89 bits per heavy atom. The molecule has 0 bridgehead atoms. The lowest BCUT2D eigenvalue weighted by molar-refractivity contribution is 0.244. The van der Waals surface area contributed by atoms with E-state index in [1.165, 1.54) is 16.8 Å². The van der Waals surface area contributed by atoms with Crippen LogP contribution in [0.4, 0.5) is 5.69 Å². The van der Waals surface area contributed by atoms with Crippen LogP contribution in [0.25, 0.3) is 10.9 Å². The Kier molecular flexibility index (Phi) is 4.89. The fourth-order valence-electron chi connectivity index (χ4n) is 3.67. The third kappa shape index (κ3) is 3.70. The second-order valence-corrected chi connectivity index (χ2v) is 7.59. The predicted octanol–water partition coefficient (Wildman–Crippen LogP) is 3.52. The average Bonchev–Trinajstić information content (AvgIpc) is 2.65. The fourth-order valence-corrected chi connectivity index (χ4v) is 3.84. The maximum absolute atomic E-state index is 12.3. The summed E-state index contributed by atoms with van der Waals surface area (Å²) in [6, 6.07) is 11.7. The highest BCUT2D eigenvalue weighted by molar-refractivity contribution is 6.31. The highest BCUT2D eigenvalue weighted by Crippen LogP contribution is 2.24. The summed E-state index contributed by atoms with van der Waals surface area (Å²) in [6.07, 6.45) is 0. The van der Waals surface area contributed by atoms with Crippen molar-refractivity contribution in [2.75, 3.05) is 31.1 Å². The molecule has 1 saturated heterocycles. The topological polar surface area (TPSA) is 52.2 Å². The molecule has 4 rings (SSSR count). The molecule has 2 aromatic carbocycles. The second-order valence-electron chi connectivity index (χ2n) is 7.16. The summed E-state index contributed by atoms with van der Waals surface area (Å²) in [5, 5.41) is 1.08. The summed E-state index contributed by atoms with van der Waals surface area (Å²) in [6.45, 7) is 8.81. The third-order valence-electron chi connectivity index (χ3n) is 5.38. The van der Waals surface area contributed by atoms with Crippen LogP contribution in [-0.4, -0.2) is 41.0 Å². The number of H-pyrrole nitrogens is 1. The minimum atomic E-state index is -0.133. The van der Waals surface area contributed by atoms with Gasteiger partial charge in [-0.1, -0.05) is 23.7 Å². The zero-order valence-corrected chi connectivity index (χ0v) is 16.4. The van der Waals surface area contributed by atoms with Gasteiger partial charge in [-0.2, -0.15) is 0 Å². The number of benzene rings is 2. The molecular weight excluding hydrogens is 360 g/mol. The molecule has 0 radical (unpaired) electrons. The van der Waals surface area contributed by atoms with E-state index in [2.05, 4.69) is 51.8 Å².